The van der Waals surface area contributed by atoms with Crippen LogP contribution in [0.25, 0.3) is 11.4 Å². The van der Waals surface area contributed by atoms with Crippen LogP contribution in [0, 0.1) is 0 Å². The molecule has 0 bridgehead atoms. The predicted octanol–water partition coefficient (Wildman–Crippen LogP) is 1.47. The zero-order chi connectivity index (χ0) is 26.9. The molecule has 3 aromatic heterocycles. The SMILES string of the molecule is Cn1c(Nc2ccc(-c3nc4c(c(N5CCOCC5)n3)CCN(c3ncccn3)C4)cc2)cc(=O)n(C)c1=O. The molecule has 1 aromatic carbocycles. The third-order valence-electron chi connectivity index (χ3n) is 7.13. The second-order valence-electron chi connectivity index (χ2n) is 9.59. The first-order valence-electron chi connectivity index (χ1n) is 12.9. The highest BCUT2D eigenvalue weighted by Crippen LogP contribution is 2.31. The van der Waals surface area contributed by atoms with Crippen LogP contribution < -0.4 is 26.4 Å². The molecule has 0 aliphatic carbocycles. The van der Waals surface area contributed by atoms with Crippen molar-refractivity contribution in [3.63, 3.8) is 0 Å². The van der Waals surface area contributed by atoms with E-state index in [0.717, 1.165) is 58.9 Å². The summed E-state index contributed by atoms with van der Waals surface area (Å²) < 4.78 is 8.06. The van der Waals surface area contributed by atoms with Crippen molar-refractivity contribution in [2.45, 2.75) is 13.0 Å². The van der Waals surface area contributed by atoms with E-state index in [1.54, 1.807) is 19.4 Å². The number of hydrogen-bond acceptors (Lipinski definition) is 10. The van der Waals surface area contributed by atoms with Gasteiger partial charge in [-0.1, -0.05) is 0 Å². The Kier molecular flexibility index (Phi) is 6.53. The third-order valence-corrected chi connectivity index (χ3v) is 7.13. The number of nitrogens with one attached hydrogen (secondary N) is 1. The Morgan fingerprint density at radius 1 is 0.897 bits per heavy atom. The van der Waals surface area contributed by atoms with Crippen molar-refractivity contribution in [2.24, 2.45) is 14.1 Å². The standard InChI is InChI=1S/C27H29N9O3/c1-33-22(16-23(37)34(2)27(33)38)30-19-6-4-18(5-7-19)24-31-21-17-36(26-28-9-3-10-29-26)11-8-20(21)25(32-24)35-12-14-39-15-13-35/h3-7,9-10,16,30H,8,11-15,17H2,1-2H3. The van der Waals surface area contributed by atoms with E-state index in [2.05, 4.69) is 25.1 Å². The maximum absolute atomic E-state index is 12.3. The van der Waals surface area contributed by atoms with Crippen molar-refractivity contribution in [1.29, 1.82) is 0 Å². The molecule has 12 nitrogen and oxygen atoms in total. The van der Waals surface area contributed by atoms with E-state index in [1.807, 2.05) is 30.3 Å². The molecule has 1 fully saturated rings. The van der Waals surface area contributed by atoms with Gasteiger partial charge in [-0.05, 0) is 36.8 Å². The van der Waals surface area contributed by atoms with Gasteiger partial charge in [0.2, 0.25) is 5.95 Å². The normalized spacial score (nSPS) is 15.2. The molecule has 4 aromatic rings. The first kappa shape index (κ1) is 24.7. The van der Waals surface area contributed by atoms with Crippen molar-refractivity contribution >= 4 is 23.3 Å². The zero-order valence-electron chi connectivity index (χ0n) is 21.9. The number of aromatic nitrogens is 6. The summed E-state index contributed by atoms with van der Waals surface area (Å²) in [6, 6.07) is 10.9. The summed E-state index contributed by atoms with van der Waals surface area (Å²) in [7, 11) is 3.08. The fourth-order valence-electron chi connectivity index (χ4n) is 4.91. The highest BCUT2D eigenvalue weighted by molar-refractivity contribution is 5.66. The summed E-state index contributed by atoms with van der Waals surface area (Å²) in [5.41, 5.74) is 2.97. The third kappa shape index (κ3) is 4.86. The summed E-state index contributed by atoms with van der Waals surface area (Å²) in [4.78, 5) is 47.7. The lowest BCUT2D eigenvalue weighted by molar-refractivity contribution is 0.122. The van der Waals surface area contributed by atoms with Crippen LogP contribution in [0.4, 0.5) is 23.3 Å². The molecule has 6 rings (SSSR count). The summed E-state index contributed by atoms with van der Waals surface area (Å²) in [5.74, 6) is 2.71. The molecule has 1 N–H and O–H groups in total. The molecule has 2 aliphatic rings. The molecule has 5 heterocycles. The van der Waals surface area contributed by atoms with Crippen LogP contribution in [0.3, 0.4) is 0 Å². The molecule has 0 atom stereocenters. The lowest BCUT2D eigenvalue weighted by Gasteiger charge is -2.34. The van der Waals surface area contributed by atoms with E-state index in [1.165, 1.54) is 17.7 Å². The van der Waals surface area contributed by atoms with Gasteiger partial charge in [0.1, 0.15) is 11.6 Å². The van der Waals surface area contributed by atoms with Gasteiger partial charge in [0.05, 0.1) is 25.5 Å². The molecule has 0 unspecified atom stereocenters. The van der Waals surface area contributed by atoms with Gasteiger partial charge in [-0.3, -0.25) is 13.9 Å². The van der Waals surface area contributed by atoms with Crippen molar-refractivity contribution in [2.75, 3.05) is 48.0 Å². The highest BCUT2D eigenvalue weighted by Gasteiger charge is 2.27. The number of anilines is 4. The van der Waals surface area contributed by atoms with Gasteiger partial charge in [-0.25, -0.2) is 24.7 Å². The fraction of sp³-hybridized carbons (Fsp3) is 0.333. The van der Waals surface area contributed by atoms with Crippen molar-refractivity contribution in [3.8, 4) is 11.4 Å². The maximum Gasteiger partial charge on any atom is 0.332 e. The second-order valence-corrected chi connectivity index (χ2v) is 9.59. The van der Waals surface area contributed by atoms with Crippen LogP contribution in [0.1, 0.15) is 11.3 Å². The molecule has 12 heteroatoms. The summed E-state index contributed by atoms with van der Waals surface area (Å²) in [5, 5.41) is 3.16. The van der Waals surface area contributed by atoms with Crippen LogP contribution in [-0.4, -0.2) is 61.9 Å². The number of fused-ring (bicyclic) bond motifs is 1. The number of hydrogen-bond donors (Lipinski definition) is 1. The molecule has 0 radical (unpaired) electrons. The molecular weight excluding hydrogens is 498 g/mol. The highest BCUT2D eigenvalue weighted by atomic mass is 16.5. The van der Waals surface area contributed by atoms with E-state index in [-0.39, 0.29) is 5.56 Å². The second kappa shape index (κ2) is 10.3. The minimum absolute atomic E-state index is 0.370. The van der Waals surface area contributed by atoms with Gasteiger partial charge in [-0.15, -0.1) is 0 Å². The number of ether oxygens (including phenoxy) is 1. The molecule has 0 spiro atoms. The van der Waals surface area contributed by atoms with E-state index >= 15 is 0 Å². The molecule has 200 valence electrons. The Labute approximate surface area is 224 Å². The Morgan fingerprint density at radius 3 is 2.38 bits per heavy atom. The van der Waals surface area contributed by atoms with E-state index in [9.17, 15) is 9.59 Å². The lowest BCUT2D eigenvalue weighted by atomic mass is 10.0. The average Bonchev–Trinajstić information content (AvgIpc) is 2.99. The molecule has 1 saturated heterocycles. The minimum Gasteiger partial charge on any atom is -0.378 e. The quantitative estimate of drug-likeness (QED) is 0.408. The fourth-order valence-corrected chi connectivity index (χ4v) is 4.91. The van der Waals surface area contributed by atoms with Gasteiger partial charge in [0.25, 0.3) is 5.56 Å². The Hall–Kier alpha value is -4.58. The van der Waals surface area contributed by atoms with E-state index in [0.29, 0.717) is 37.3 Å². The van der Waals surface area contributed by atoms with Gasteiger partial charge in [0.15, 0.2) is 5.82 Å². The monoisotopic (exact) mass is 527 g/mol. The van der Waals surface area contributed by atoms with Crippen LogP contribution in [0.5, 0.6) is 0 Å². The molecular formula is C27H29N9O3. The molecule has 0 amide bonds. The van der Waals surface area contributed by atoms with E-state index in [4.69, 9.17) is 14.7 Å². The maximum atomic E-state index is 12.3. The van der Waals surface area contributed by atoms with Gasteiger partial charge in [0, 0.05) is 69.0 Å². The van der Waals surface area contributed by atoms with Crippen LogP contribution >= 0.6 is 0 Å². The number of rotatable bonds is 5. The predicted molar refractivity (Wildman–Crippen MR) is 147 cm³/mol. The van der Waals surface area contributed by atoms with Crippen LogP contribution in [0.15, 0.2) is 58.4 Å². The summed E-state index contributed by atoms with van der Waals surface area (Å²) in [6.07, 6.45) is 4.31. The first-order valence-corrected chi connectivity index (χ1v) is 12.9. The molecule has 0 saturated carbocycles. The average molecular weight is 528 g/mol. The van der Waals surface area contributed by atoms with Crippen molar-refractivity contribution in [1.82, 2.24) is 29.1 Å². The smallest absolute Gasteiger partial charge is 0.332 e. The van der Waals surface area contributed by atoms with Crippen LogP contribution in [0.2, 0.25) is 0 Å². The number of morpholine rings is 1. The van der Waals surface area contributed by atoms with Gasteiger partial charge >= 0.3 is 5.69 Å². The van der Waals surface area contributed by atoms with E-state index < -0.39 is 5.69 Å². The Balaban J connectivity index is 1.33. The number of nitrogens with zero attached hydrogens (tertiary/aromatic N) is 8. The largest absolute Gasteiger partial charge is 0.378 e. The molecule has 2 aliphatic heterocycles. The zero-order valence-corrected chi connectivity index (χ0v) is 21.9. The van der Waals surface area contributed by atoms with Gasteiger partial charge < -0.3 is 19.9 Å². The van der Waals surface area contributed by atoms with Crippen molar-refractivity contribution in [3.05, 3.63) is 80.9 Å². The Bertz CT molecular complexity index is 1610. The summed E-state index contributed by atoms with van der Waals surface area (Å²) >= 11 is 0. The lowest BCUT2D eigenvalue weighted by Crippen LogP contribution is -2.39. The van der Waals surface area contributed by atoms with Crippen molar-refractivity contribution < 1.29 is 4.74 Å². The van der Waals surface area contributed by atoms with Crippen LogP contribution in [-0.2, 0) is 31.8 Å². The molecule has 39 heavy (non-hydrogen) atoms. The van der Waals surface area contributed by atoms with Gasteiger partial charge in [-0.2, -0.15) is 0 Å². The summed E-state index contributed by atoms with van der Waals surface area (Å²) in [6.45, 7) is 4.30. The minimum atomic E-state index is -0.394. The first-order chi connectivity index (χ1) is 19.0. The topological polar surface area (TPSA) is 123 Å². The Morgan fingerprint density at radius 2 is 1.64 bits per heavy atom. The number of benzene rings is 1.